The van der Waals surface area contributed by atoms with E-state index in [9.17, 15) is 0 Å². The highest BCUT2D eigenvalue weighted by Crippen LogP contribution is 2.19. The van der Waals surface area contributed by atoms with E-state index in [1.165, 1.54) is 12.8 Å². The third-order valence-corrected chi connectivity index (χ3v) is 2.92. The van der Waals surface area contributed by atoms with Crippen LogP contribution in [0.2, 0.25) is 0 Å². The van der Waals surface area contributed by atoms with Gasteiger partial charge < -0.3 is 11.1 Å². The normalized spacial score (nSPS) is 10.7. The maximum atomic E-state index is 5.93. The van der Waals surface area contributed by atoms with E-state index in [1.54, 1.807) is 6.20 Å². The minimum Gasteiger partial charge on any atom is -0.396 e. The fraction of sp³-hybridized carbons (Fsp3) is 0.583. The van der Waals surface area contributed by atoms with Crippen LogP contribution in [0.25, 0.3) is 0 Å². The predicted octanol–water partition coefficient (Wildman–Crippen LogP) is 2.82. The number of anilines is 2. The van der Waals surface area contributed by atoms with E-state index in [2.05, 4.69) is 24.1 Å². The maximum Gasteiger partial charge on any atom is 0.149 e. The lowest BCUT2D eigenvalue weighted by Crippen LogP contribution is -2.14. The number of rotatable bonds is 5. The highest BCUT2D eigenvalue weighted by atomic mass is 15.0. The molecule has 0 amide bonds. The highest BCUT2D eigenvalue weighted by molar-refractivity contribution is 5.64. The van der Waals surface area contributed by atoms with Crippen LogP contribution in [0.1, 0.15) is 32.3 Å². The molecule has 0 spiro atoms. The summed E-state index contributed by atoms with van der Waals surface area (Å²) in [6.07, 6.45) is 4.17. The minimum absolute atomic E-state index is 0.701. The van der Waals surface area contributed by atoms with Gasteiger partial charge in [-0.05, 0) is 24.5 Å². The van der Waals surface area contributed by atoms with Crippen LogP contribution in [-0.2, 0) is 0 Å². The van der Waals surface area contributed by atoms with Gasteiger partial charge in [0.1, 0.15) is 5.82 Å². The van der Waals surface area contributed by atoms with Gasteiger partial charge in [-0.2, -0.15) is 0 Å². The predicted molar refractivity (Wildman–Crippen MR) is 65.9 cm³/mol. The van der Waals surface area contributed by atoms with Gasteiger partial charge in [-0.1, -0.05) is 26.7 Å². The number of aromatic nitrogens is 1. The molecule has 0 fully saturated rings. The molecule has 3 nitrogen and oxygen atoms in total. The molecule has 3 N–H and O–H groups in total. The van der Waals surface area contributed by atoms with E-state index in [0.717, 1.165) is 23.6 Å². The van der Waals surface area contributed by atoms with Crippen LogP contribution in [0.5, 0.6) is 0 Å². The standard InChI is InChI=1S/C12H21N3/c1-4-10(5-2)8-15-12-11(13)9(3)6-7-14-12/h6-7,10H,4-5,8,13H2,1-3H3,(H,14,15). The molecule has 0 unspecified atom stereocenters. The van der Waals surface area contributed by atoms with Crippen molar-refractivity contribution >= 4 is 11.5 Å². The Morgan fingerprint density at radius 2 is 2.07 bits per heavy atom. The van der Waals surface area contributed by atoms with Gasteiger partial charge in [-0.3, -0.25) is 0 Å². The summed E-state index contributed by atoms with van der Waals surface area (Å²) in [6, 6.07) is 1.93. The van der Waals surface area contributed by atoms with E-state index >= 15 is 0 Å². The summed E-state index contributed by atoms with van der Waals surface area (Å²) in [5.74, 6) is 1.52. The first kappa shape index (κ1) is 11.8. The zero-order valence-corrected chi connectivity index (χ0v) is 9.88. The lowest BCUT2D eigenvalue weighted by atomic mass is 10.0. The van der Waals surface area contributed by atoms with Gasteiger partial charge in [0.05, 0.1) is 5.69 Å². The van der Waals surface area contributed by atoms with E-state index in [4.69, 9.17) is 5.73 Å². The fourth-order valence-electron chi connectivity index (χ4n) is 1.53. The smallest absolute Gasteiger partial charge is 0.149 e. The molecule has 84 valence electrons. The van der Waals surface area contributed by atoms with Crippen molar-refractivity contribution in [2.24, 2.45) is 5.92 Å². The summed E-state index contributed by atoms with van der Waals surface area (Å²) in [5, 5.41) is 3.32. The van der Waals surface area contributed by atoms with Gasteiger partial charge >= 0.3 is 0 Å². The van der Waals surface area contributed by atoms with E-state index in [0.29, 0.717) is 5.92 Å². The summed E-state index contributed by atoms with van der Waals surface area (Å²) in [5.41, 5.74) is 7.77. The molecule has 0 aromatic carbocycles. The number of nitrogen functional groups attached to an aromatic ring is 1. The molecule has 0 aliphatic carbocycles. The third-order valence-electron chi connectivity index (χ3n) is 2.92. The SMILES string of the molecule is CCC(CC)CNc1nccc(C)c1N. The van der Waals surface area contributed by atoms with Crippen molar-refractivity contribution < 1.29 is 0 Å². The average molecular weight is 207 g/mol. The van der Waals surface area contributed by atoms with Crippen LogP contribution in [0.15, 0.2) is 12.3 Å². The molecule has 3 heteroatoms. The largest absolute Gasteiger partial charge is 0.396 e. The van der Waals surface area contributed by atoms with E-state index in [1.807, 2.05) is 13.0 Å². The van der Waals surface area contributed by atoms with Gasteiger partial charge in [0.2, 0.25) is 0 Å². The van der Waals surface area contributed by atoms with Crippen molar-refractivity contribution in [2.75, 3.05) is 17.6 Å². The van der Waals surface area contributed by atoms with Crippen LogP contribution in [0.4, 0.5) is 11.5 Å². The molecule has 0 saturated carbocycles. The molecule has 1 heterocycles. The van der Waals surface area contributed by atoms with E-state index < -0.39 is 0 Å². The van der Waals surface area contributed by atoms with Crippen LogP contribution in [0, 0.1) is 12.8 Å². The van der Waals surface area contributed by atoms with Crippen molar-refractivity contribution in [1.29, 1.82) is 0 Å². The van der Waals surface area contributed by atoms with Gasteiger partial charge in [0.25, 0.3) is 0 Å². The first-order valence-electron chi connectivity index (χ1n) is 5.64. The molecule has 0 aliphatic rings. The number of pyridine rings is 1. The molecule has 1 aromatic rings. The third kappa shape index (κ3) is 3.11. The van der Waals surface area contributed by atoms with Crippen molar-refractivity contribution in [3.63, 3.8) is 0 Å². The molecule has 0 atom stereocenters. The summed E-state index contributed by atoms with van der Waals surface area (Å²) in [4.78, 5) is 4.24. The molecular formula is C12H21N3. The number of hydrogen-bond acceptors (Lipinski definition) is 3. The van der Waals surface area contributed by atoms with Gasteiger partial charge in [-0.15, -0.1) is 0 Å². The zero-order valence-electron chi connectivity index (χ0n) is 9.88. The van der Waals surface area contributed by atoms with Crippen LogP contribution >= 0.6 is 0 Å². The minimum atomic E-state index is 0.701. The Morgan fingerprint density at radius 3 is 2.67 bits per heavy atom. The zero-order chi connectivity index (χ0) is 11.3. The summed E-state index contributed by atoms with van der Waals surface area (Å²) in [6.45, 7) is 7.37. The number of aryl methyl sites for hydroxylation is 1. The fourth-order valence-corrected chi connectivity index (χ4v) is 1.53. The van der Waals surface area contributed by atoms with E-state index in [-0.39, 0.29) is 0 Å². The van der Waals surface area contributed by atoms with Crippen LogP contribution in [-0.4, -0.2) is 11.5 Å². The second-order valence-corrected chi connectivity index (χ2v) is 3.95. The van der Waals surface area contributed by atoms with Crippen molar-refractivity contribution in [1.82, 2.24) is 4.98 Å². The number of nitrogens with one attached hydrogen (secondary N) is 1. The molecule has 1 aromatic heterocycles. The number of hydrogen-bond donors (Lipinski definition) is 2. The van der Waals surface area contributed by atoms with Gasteiger partial charge in [0.15, 0.2) is 0 Å². The summed E-state index contributed by atoms with van der Waals surface area (Å²) >= 11 is 0. The number of nitrogens with two attached hydrogens (primary N) is 1. The topological polar surface area (TPSA) is 50.9 Å². The second-order valence-electron chi connectivity index (χ2n) is 3.95. The molecule has 15 heavy (non-hydrogen) atoms. The monoisotopic (exact) mass is 207 g/mol. The van der Waals surface area contributed by atoms with Crippen molar-refractivity contribution in [3.05, 3.63) is 17.8 Å². The highest BCUT2D eigenvalue weighted by Gasteiger charge is 2.06. The average Bonchev–Trinajstić information content (AvgIpc) is 2.25. The quantitative estimate of drug-likeness (QED) is 0.780. The lowest BCUT2D eigenvalue weighted by molar-refractivity contribution is 0.518. The first-order valence-corrected chi connectivity index (χ1v) is 5.64. The Kier molecular flexibility index (Phi) is 4.40. The Bertz CT molecular complexity index is 306. The molecule has 0 bridgehead atoms. The summed E-state index contributed by atoms with van der Waals surface area (Å²) < 4.78 is 0. The van der Waals surface area contributed by atoms with Crippen molar-refractivity contribution in [3.8, 4) is 0 Å². The molecule has 0 aliphatic heterocycles. The Balaban J connectivity index is 2.61. The van der Waals surface area contributed by atoms with Crippen LogP contribution < -0.4 is 11.1 Å². The van der Waals surface area contributed by atoms with Crippen LogP contribution in [0.3, 0.4) is 0 Å². The first-order chi connectivity index (χ1) is 7.19. The lowest BCUT2D eigenvalue weighted by Gasteiger charge is -2.15. The van der Waals surface area contributed by atoms with Gasteiger partial charge in [-0.25, -0.2) is 4.98 Å². The maximum absolute atomic E-state index is 5.93. The number of nitrogens with zero attached hydrogens (tertiary/aromatic N) is 1. The molecular weight excluding hydrogens is 186 g/mol. The summed E-state index contributed by atoms with van der Waals surface area (Å²) in [7, 11) is 0. The Morgan fingerprint density at radius 1 is 1.40 bits per heavy atom. The molecule has 0 radical (unpaired) electrons. The van der Waals surface area contributed by atoms with Gasteiger partial charge in [0, 0.05) is 12.7 Å². The van der Waals surface area contributed by atoms with Crippen molar-refractivity contribution in [2.45, 2.75) is 33.6 Å². The second kappa shape index (κ2) is 5.59. The Labute approximate surface area is 92.1 Å². The molecule has 0 saturated heterocycles. The Hall–Kier alpha value is -1.25. The molecule has 1 rings (SSSR count).